The van der Waals surface area contributed by atoms with Crippen LogP contribution in [0.4, 0.5) is 5.69 Å². The molecule has 0 bridgehead atoms. The van der Waals surface area contributed by atoms with E-state index in [9.17, 15) is 4.79 Å². The molecule has 0 saturated heterocycles. The molecular formula is C21H25N7O. The molecule has 8 nitrogen and oxygen atoms in total. The van der Waals surface area contributed by atoms with Gasteiger partial charge in [-0.25, -0.2) is 0 Å². The topological polar surface area (TPSA) is 144 Å². The maximum Gasteiger partial charge on any atom is 0.255 e. The van der Waals surface area contributed by atoms with Crippen molar-refractivity contribution in [2.75, 3.05) is 18.4 Å². The van der Waals surface area contributed by atoms with Gasteiger partial charge in [0.1, 0.15) is 0 Å². The predicted octanol–water partition coefficient (Wildman–Crippen LogP) is 1.90. The van der Waals surface area contributed by atoms with Crippen molar-refractivity contribution in [1.29, 1.82) is 10.8 Å². The van der Waals surface area contributed by atoms with Crippen LogP contribution in [-0.2, 0) is 6.54 Å². The molecule has 150 valence electrons. The van der Waals surface area contributed by atoms with Crippen LogP contribution in [0.5, 0.6) is 0 Å². The first-order valence-corrected chi connectivity index (χ1v) is 9.29. The van der Waals surface area contributed by atoms with Crippen LogP contribution in [0.1, 0.15) is 27.9 Å². The van der Waals surface area contributed by atoms with Gasteiger partial charge in [-0.05, 0) is 47.4 Å². The van der Waals surface area contributed by atoms with Gasteiger partial charge in [0.25, 0.3) is 5.91 Å². The van der Waals surface area contributed by atoms with Crippen LogP contribution in [0.25, 0.3) is 5.57 Å². The highest BCUT2D eigenvalue weighted by molar-refractivity contribution is 6.04. The lowest BCUT2D eigenvalue weighted by Gasteiger charge is -2.26. The summed E-state index contributed by atoms with van der Waals surface area (Å²) in [5.41, 5.74) is 15.3. The number of nitrogens with one attached hydrogen (secondary N) is 4. The summed E-state index contributed by atoms with van der Waals surface area (Å²) in [6.07, 6.45) is 2.89. The van der Waals surface area contributed by atoms with Crippen LogP contribution in [0.2, 0.25) is 0 Å². The Hall–Kier alpha value is -3.81. The van der Waals surface area contributed by atoms with Gasteiger partial charge >= 0.3 is 0 Å². The average Bonchev–Trinajstić information content (AvgIpc) is 2.73. The second kappa shape index (κ2) is 8.92. The third kappa shape index (κ3) is 5.35. The molecule has 29 heavy (non-hydrogen) atoms. The first kappa shape index (κ1) is 19.9. The van der Waals surface area contributed by atoms with E-state index in [1.807, 2.05) is 53.4 Å². The van der Waals surface area contributed by atoms with Crippen molar-refractivity contribution in [2.24, 2.45) is 11.5 Å². The Bertz CT molecular complexity index is 933. The smallest absolute Gasteiger partial charge is 0.255 e. The van der Waals surface area contributed by atoms with E-state index in [-0.39, 0.29) is 17.8 Å². The van der Waals surface area contributed by atoms with Crippen LogP contribution < -0.4 is 22.1 Å². The lowest BCUT2D eigenvalue weighted by Crippen LogP contribution is -2.39. The zero-order valence-corrected chi connectivity index (χ0v) is 16.0. The second-order valence-electron chi connectivity index (χ2n) is 6.81. The van der Waals surface area contributed by atoms with Gasteiger partial charge in [-0.3, -0.25) is 15.6 Å². The van der Waals surface area contributed by atoms with E-state index in [1.165, 1.54) is 5.57 Å². The molecule has 0 atom stereocenters. The Morgan fingerprint density at radius 2 is 1.72 bits per heavy atom. The summed E-state index contributed by atoms with van der Waals surface area (Å²) in [5.74, 6) is -0.159. The number of hydrogen-bond donors (Lipinski definition) is 6. The minimum atomic E-state index is -0.175. The van der Waals surface area contributed by atoms with E-state index in [2.05, 4.69) is 16.7 Å². The van der Waals surface area contributed by atoms with Crippen LogP contribution >= 0.6 is 0 Å². The summed E-state index contributed by atoms with van der Waals surface area (Å²) in [7, 11) is 0. The Morgan fingerprint density at radius 3 is 2.28 bits per heavy atom. The highest BCUT2D eigenvalue weighted by Crippen LogP contribution is 2.23. The van der Waals surface area contributed by atoms with Crippen LogP contribution in [0.15, 0.2) is 54.6 Å². The fourth-order valence-corrected chi connectivity index (χ4v) is 3.09. The van der Waals surface area contributed by atoms with E-state index in [1.54, 1.807) is 0 Å². The zero-order valence-electron chi connectivity index (χ0n) is 16.0. The first-order valence-electron chi connectivity index (χ1n) is 9.29. The van der Waals surface area contributed by atoms with Gasteiger partial charge in [0.15, 0.2) is 11.9 Å². The number of benzene rings is 2. The van der Waals surface area contributed by atoms with Gasteiger partial charge in [-0.1, -0.05) is 30.3 Å². The summed E-state index contributed by atoms with van der Waals surface area (Å²) < 4.78 is 0. The van der Waals surface area contributed by atoms with Gasteiger partial charge in [-0.2, -0.15) is 0 Å². The van der Waals surface area contributed by atoms with Crippen LogP contribution in [0.3, 0.4) is 0 Å². The van der Waals surface area contributed by atoms with Gasteiger partial charge < -0.3 is 27.0 Å². The maximum atomic E-state index is 12.5. The lowest BCUT2D eigenvalue weighted by atomic mass is 9.98. The van der Waals surface area contributed by atoms with Crippen LogP contribution in [0, 0.1) is 10.8 Å². The average molecular weight is 391 g/mol. The third-order valence-electron chi connectivity index (χ3n) is 4.76. The second-order valence-corrected chi connectivity index (χ2v) is 6.81. The molecule has 0 spiro atoms. The van der Waals surface area contributed by atoms with E-state index >= 15 is 0 Å². The molecule has 2 aromatic rings. The molecule has 1 aliphatic rings. The molecule has 8 N–H and O–H groups in total. The predicted molar refractivity (Wildman–Crippen MR) is 116 cm³/mol. The molecule has 0 unspecified atom stereocenters. The first-order chi connectivity index (χ1) is 13.9. The molecule has 1 aliphatic heterocycles. The zero-order chi connectivity index (χ0) is 20.8. The van der Waals surface area contributed by atoms with E-state index in [0.29, 0.717) is 24.3 Å². The molecule has 1 heterocycles. The van der Waals surface area contributed by atoms with Crippen molar-refractivity contribution in [3.05, 3.63) is 71.3 Å². The fourth-order valence-electron chi connectivity index (χ4n) is 3.09. The number of guanidine groups is 2. The lowest BCUT2D eigenvalue weighted by molar-refractivity contribution is 0.102. The minimum absolute atomic E-state index is 0.0778. The van der Waals surface area contributed by atoms with Crippen LogP contribution in [-0.4, -0.2) is 35.8 Å². The van der Waals surface area contributed by atoms with E-state index in [0.717, 1.165) is 24.1 Å². The molecule has 0 radical (unpaired) electrons. The summed E-state index contributed by atoms with van der Waals surface area (Å²) in [6.45, 7) is 1.82. The van der Waals surface area contributed by atoms with Gasteiger partial charge in [0, 0.05) is 30.9 Å². The number of carbonyl (C=O) groups excluding carboxylic acids is 1. The van der Waals surface area contributed by atoms with Crippen molar-refractivity contribution in [1.82, 2.24) is 10.2 Å². The largest absolute Gasteiger partial charge is 0.370 e. The fraction of sp³-hybridized carbons (Fsp3) is 0.190. The molecule has 8 heteroatoms. The van der Waals surface area contributed by atoms with Gasteiger partial charge in [-0.15, -0.1) is 0 Å². The molecule has 0 aromatic heterocycles. The molecule has 2 aromatic carbocycles. The highest BCUT2D eigenvalue weighted by atomic mass is 16.1. The summed E-state index contributed by atoms with van der Waals surface area (Å²) in [4.78, 5) is 14.3. The Kier molecular flexibility index (Phi) is 6.13. The Balaban J connectivity index is 1.59. The van der Waals surface area contributed by atoms with Crippen molar-refractivity contribution >= 4 is 29.1 Å². The van der Waals surface area contributed by atoms with Crippen molar-refractivity contribution < 1.29 is 4.79 Å². The standard InChI is InChI=1S/C21H25N7O/c22-20(23)26-13-14-1-7-18(8-2-14)27-19(29)17-5-3-15(4-6-17)16-9-11-28(12-10-16)21(24)25/h1-9H,10-13H2,(H3,24,25)(H,27,29)(H4,22,23,26). The molecule has 0 aliphatic carbocycles. The summed E-state index contributed by atoms with van der Waals surface area (Å²) >= 11 is 0. The maximum absolute atomic E-state index is 12.5. The molecule has 0 fully saturated rings. The number of nitrogens with two attached hydrogens (primary N) is 2. The van der Waals surface area contributed by atoms with Crippen molar-refractivity contribution in [3.63, 3.8) is 0 Å². The van der Waals surface area contributed by atoms with E-state index in [4.69, 9.17) is 22.3 Å². The van der Waals surface area contributed by atoms with Gasteiger partial charge in [0.05, 0.1) is 0 Å². The SMILES string of the molecule is N=C(N)NCc1ccc(NC(=O)c2ccc(C3=CCN(C(=N)N)CC3)cc2)cc1. The Morgan fingerprint density at radius 1 is 1.03 bits per heavy atom. The summed E-state index contributed by atoms with van der Waals surface area (Å²) in [6, 6.07) is 14.9. The summed E-state index contributed by atoms with van der Waals surface area (Å²) in [5, 5.41) is 20.3. The molecular weight excluding hydrogens is 366 g/mol. The van der Waals surface area contributed by atoms with Crippen molar-refractivity contribution in [2.45, 2.75) is 13.0 Å². The number of nitrogens with zero attached hydrogens (tertiary/aromatic N) is 1. The Labute approximate surface area is 169 Å². The highest BCUT2D eigenvalue weighted by Gasteiger charge is 2.14. The number of anilines is 1. The van der Waals surface area contributed by atoms with E-state index < -0.39 is 0 Å². The molecule has 0 saturated carbocycles. The van der Waals surface area contributed by atoms with Gasteiger partial charge in [0.2, 0.25) is 0 Å². The molecule has 3 rings (SSSR count). The quantitative estimate of drug-likeness (QED) is 0.341. The van der Waals surface area contributed by atoms with Crippen molar-refractivity contribution in [3.8, 4) is 0 Å². The number of rotatable bonds is 5. The number of hydrogen-bond acceptors (Lipinski definition) is 3. The number of amides is 1. The third-order valence-corrected chi connectivity index (χ3v) is 4.76. The molecule has 1 amide bonds. The number of carbonyl (C=O) groups is 1. The monoisotopic (exact) mass is 391 g/mol. The minimum Gasteiger partial charge on any atom is -0.370 e. The normalized spacial score (nSPS) is 13.4.